The van der Waals surface area contributed by atoms with Gasteiger partial charge in [-0.25, -0.2) is 14.3 Å². The third kappa shape index (κ3) is 3.32. The minimum absolute atomic E-state index is 0.308. The highest BCUT2D eigenvalue weighted by Crippen LogP contribution is 2.15. The Morgan fingerprint density at radius 2 is 2.33 bits per heavy atom. The van der Waals surface area contributed by atoms with Gasteiger partial charge in [0.15, 0.2) is 0 Å². The molecule has 0 aliphatic carbocycles. The molecule has 1 aromatic carbocycles. The van der Waals surface area contributed by atoms with E-state index < -0.39 is 0 Å². The maximum Gasteiger partial charge on any atom is 0.319 e. The largest absolute Gasteiger partial charge is 0.332 e. The van der Waals surface area contributed by atoms with E-state index in [1.54, 1.807) is 35.0 Å². The molecule has 0 spiro atoms. The molecule has 8 heteroatoms. The van der Waals surface area contributed by atoms with E-state index >= 15 is 0 Å². The molecule has 0 fully saturated rings. The monoisotopic (exact) mass is 321 g/mol. The molecule has 2 aromatic heterocycles. The molecule has 2 heterocycles. The standard InChI is InChI=1S/C13H12ClN5OS/c1-8-18-19-7-11(17-13(19)21-8)6-15-12(20)16-10-4-2-3-9(14)5-10/h2-5,7H,6H2,1H3,(H2,15,16,20). The molecule has 0 radical (unpaired) electrons. The number of hydrogen-bond donors (Lipinski definition) is 2. The average Bonchev–Trinajstić information content (AvgIpc) is 2.93. The average molecular weight is 322 g/mol. The first-order valence-corrected chi connectivity index (χ1v) is 7.42. The summed E-state index contributed by atoms with van der Waals surface area (Å²) in [6.07, 6.45) is 1.80. The van der Waals surface area contributed by atoms with Gasteiger partial charge in [0, 0.05) is 10.7 Å². The van der Waals surface area contributed by atoms with Crippen molar-refractivity contribution in [1.82, 2.24) is 19.9 Å². The summed E-state index contributed by atoms with van der Waals surface area (Å²) in [5.41, 5.74) is 1.40. The normalized spacial score (nSPS) is 10.8. The molecule has 2 amide bonds. The number of halogens is 1. The van der Waals surface area contributed by atoms with Crippen LogP contribution in [0.2, 0.25) is 5.02 Å². The number of benzene rings is 1. The Morgan fingerprint density at radius 1 is 1.48 bits per heavy atom. The molecule has 3 rings (SSSR count). The van der Waals surface area contributed by atoms with Crippen LogP contribution in [0.5, 0.6) is 0 Å². The lowest BCUT2D eigenvalue weighted by molar-refractivity contribution is 0.251. The molecule has 0 saturated carbocycles. The van der Waals surface area contributed by atoms with Crippen LogP contribution in [0.4, 0.5) is 10.5 Å². The van der Waals surface area contributed by atoms with Gasteiger partial charge in [0.25, 0.3) is 0 Å². The van der Waals surface area contributed by atoms with E-state index in [0.717, 1.165) is 15.7 Å². The van der Waals surface area contributed by atoms with E-state index in [4.69, 9.17) is 11.6 Å². The lowest BCUT2D eigenvalue weighted by Crippen LogP contribution is -2.28. The number of amides is 2. The molecule has 0 unspecified atom stereocenters. The van der Waals surface area contributed by atoms with Gasteiger partial charge in [-0.05, 0) is 25.1 Å². The number of anilines is 1. The summed E-state index contributed by atoms with van der Waals surface area (Å²) >= 11 is 7.37. The van der Waals surface area contributed by atoms with E-state index in [-0.39, 0.29) is 6.03 Å². The summed E-state index contributed by atoms with van der Waals surface area (Å²) in [6.45, 7) is 2.26. The quantitative estimate of drug-likeness (QED) is 0.778. The fraction of sp³-hybridized carbons (Fsp3) is 0.154. The van der Waals surface area contributed by atoms with Crippen LogP contribution in [0.25, 0.3) is 4.96 Å². The van der Waals surface area contributed by atoms with Gasteiger partial charge in [-0.2, -0.15) is 5.10 Å². The zero-order chi connectivity index (χ0) is 14.8. The van der Waals surface area contributed by atoms with Gasteiger partial charge in [-0.1, -0.05) is 29.0 Å². The van der Waals surface area contributed by atoms with Crippen LogP contribution in [0.3, 0.4) is 0 Å². The zero-order valence-corrected chi connectivity index (χ0v) is 12.7. The highest BCUT2D eigenvalue weighted by atomic mass is 35.5. The molecule has 3 aromatic rings. The third-order valence-corrected chi connectivity index (χ3v) is 3.78. The van der Waals surface area contributed by atoms with Crippen molar-refractivity contribution < 1.29 is 4.79 Å². The van der Waals surface area contributed by atoms with E-state index in [2.05, 4.69) is 20.7 Å². The number of rotatable bonds is 3. The molecule has 108 valence electrons. The van der Waals surface area contributed by atoms with E-state index in [9.17, 15) is 4.79 Å². The van der Waals surface area contributed by atoms with Crippen LogP contribution in [0.15, 0.2) is 30.5 Å². The predicted molar refractivity (Wildman–Crippen MR) is 82.9 cm³/mol. The highest BCUT2D eigenvalue weighted by Gasteiger charge is 2.07. The van der Waals surface area contributed by atoms with Crippen LogP contribution in [-0.2, 0) is 6.54 Å². The van der Waals surface area contributed by atoms with Gasteiger partial charge in [0.2, 0.25) is 4.96 Å². The Balaban J connectivity index is 1.59. The van der Waals surface area contributed by atoms with E-state index in [0.29, 0.717) is 17.3 Å². The molecule has 0 saturated heterocycles. The van der Waals surface area contributed by atoms with Crippen LogP contribution >= 0.6 is 22.9 Å². The molecule has 6 nitrogen and oxygen atoms in total. The number of hydrogen-bond acceptors (Lipinski definition) is 4. The van der Waals surface area contributed by atoms with Crippen molar-refractivity contribution in [2.24, 2.45) is 0 Å². The third-order valence-electron chi connectivity index (χ3n) is 2.71. The van der Waals surface area contributed by atoms with Crippen LogP contribution in [-0.4, -0.2) is 20.6 Å². The number of urea groups is 1. The zero-order valence-electron chi connectivity index (χ0n) is 11.1. The highest BCUT2D eigenvalue weighted by molar-refractivity contribution is 7.16. The van der Waals surface area contributed by atoms with Crippen molar-refractivity contribution in [2.75, 3.05) is 5.32 Å². The number of carbonyl (C=O) groups excluding carboxylic acids is 1. The molecule has 21 heavy (non-hydrogen) atoms. The Hall–Kier alpha value is -2.12. The molecular weight excluding hydrogens is 310 g/mol. The number of fused-ring (bicyclic) bond motifs is 1. The Bertz CT molecular complexity index is 765. The second-order valence-corrected chi connectivity index (χ2v) is 6.00. The van der Waals surface area contributed by atoms with E-state index in [1.807, 2.05) is 6.92 Å². The van der Waals surface area contributed by atoms with Gasteiger partial charge < -0.3 is 10.6 Å². The van der Waals surface area contributed by atoms with Gasteiger partial charge in [-0.15, -0.1) is 0 Å². The fourth-order valence-electron chi connectivity index (χ4n) is 1.84. The van der Waals surface area contributed by atoms with Gasteiger partial charge >= 0.3 is 6.03 Å². The lowest BCUT2D eigenvalue weighted by Gasteiger charge is -2.06. The first-order chi connectivity index (χ1) is 10.1. The SMILES string of the molecule is Cc1nn2cc(CNC(=O)Nc3cccc(Cl)c3)nc2s1. The summed E-state index contributed by atoms with van der Waals surface area (Å²) in [5.74, 6) is 0. The van der Waals surface area contributed by atoms with Crippen molar-refractivity contribution in [3.05, 3.63) is 46.2 Å². The Kier molecular flexibility index (Phi) is 3.76. The number of nitrogens with zero attached hydrogens (tertiary/aromatic N) is 3. The van der Waals surface area contributed by atoms with Crippen molar-refractivity contribution >= 4 is 39.6 Å². The second-order valence-electron chi connectivity index (χ2n) is 4.40. The number of imidazole rings is 1. The topological polar surface area (TPSA) is 71.3 Å². The molecular formula is C13H12ClN5OS. The maximum atomic E-state index is 11.8. The Morgan fingerprint density at radius 3 is 3.10 bits per heavy atom. The number of nitrogens with one attached hydrogen (secondary N) is 2. The maximum absolute atomic E-state index is 11.8. The van der Waals surface area contributed by atoms with Gasteiger partial charge in [-0.3, -0.25) is 0 Å². The number of aryl methyl sites for hydroxylation is 1. The van der Waals surface area contributed by atoms with Gasteiger partial charge in [0.1, 0.15) is 5.01 Å². The van der Waals surface area contributed by atoms with Crippen molar-refractivity contribution in [3.63, 3.8) is 0 Å². The minimum atomic E-state index is -0.308. The van der Waals surface area contributed by atoms with Gasteiger partial charge in [0.05, 0.1) is 18.4 Å². The molecule has 0 aliphatic rings. The minimum Gasteiger partial charge on any atom is -0.332 e. The summed E-state index contributed by atoms with van der Waals surface area (Å²) in [7, 11) is 0. The fourth-order valence-corrected chi connectivity index (χ4v) is 2.78. The van der Waals surface area contributed by atoms with Crippen molar-refractivity contribution in [3.8, 4) is 0 Å². The Labute approximate surface area is 129 Å². The summed E-state index contributed by atoms with van der Waals surface area (Å²) in [6, 6.07) is 6.66. The predicted octanol–water partition coefficient (Wildman–Crippen LogP) is 3.07. The smallest absolute Gasteiger partial charge is 0.319 e. The summed E-state index contributed by atoms with van der Waals surface area (Å²) in [4.78, 5) is 17.0. The number of aromatic nitrogens is 3. The lowest BCUT2D eigenvalue weighted by atomic mass is 10.3. The summed E-state index contributed by atoms with van der Waals surface area (Å²) in [5, 5.41) is 11.2. The van der Waals surface area contributed by atoms with Crippen LogP contribution in [0, 0.1) is 6.92 Å². The first-order valence-electron chi connectivity index (χ1n) is 6.22. The second kappa shape index (κ2) is 5.71. The molecule has 0 atom stereocenters. The van der Waals surface area contributed by atoms with Crippen molar-refractivity contribution in [2.45, 2.75) is 13.5 Å². The summed E-state index contributed by atoms with van der Waals surface area (Å²) < 4.78 is 1.71. The molecule has 0 bridgehead atoms. The van der Waals surface area contributed by atoms with Crippen LogP contribution < -0.4 is 10.6 Å². The number of carbonyl (C=O) groups is 1. The van der Waals surface area contributed by atoms with E-state index in [1.165, 1.54) is 11.3 Å². The first kappa shape index (κ1) is 13.8. The molecule has 2 N–H and O–H groups in total. The molecule has 0 aliphatic heterocycles. The van der Waals surface area contributed by atoms with Crippen molar-refractivity contribution in [1.29, 1.82) is 0 Å². The van der Waals surface area contributed by atoms with Crippen LogP contribution in [0.1, 0.15) is 10.7 Å².